The highest BCUT2D eigenvalue weighted by molar-refractivity contribution is 5.67. The molecule has 0 aliphatic rings. The van der Waals surface area contributed by atoms with Gasteiger partial charge in [0.25, 0.3) is 0 Å². The van der Waals surface area contributed by atoms with Gasteiger partial charge in [-0.25, -0.2) is 4.79 Å². The van der Waals surface area contributed by atoms with Gasteiger partial charge < -0.3 is 15.8 Å². The van der Waals surface area contributed by atoms with E-state index in [1.165, 1.54) is 0 Å². The summed E-state index contributed by atoms with van der Waals surface area (Å²) in [5.41, 5.74) is 5.49. The summed E-state index contributed by atoms with van der Waals surface area (Å²) in [5.74, 6) is 0. The van der Waals surface area contributed by atoms with Gasteiger partial charge in [-0.1, -0.05) is 20.8 Å². The Balaban J connectivity index is 4.16. The van der Waals surface area contributed by atoms with Gasteiger partial charge >= 0.3 is 6.09 Å². The molecule has 4 nitrogen and oxygen atoms in total. The molecular formula is C10H22N2O2. The van der Waals surface area contributed by atoms with Crippen molar-refractivity contribution >= 4 is 6.09 Å². The van der Waals surface area contributed by atoms with E-state index in [9.17, 15) is 4.79 Å². The van der Waals surface area contributed by atoms with E-state index in [0.717, 1.165) is 6.42 Å². The van der Waals surface area contributed by atoms with Gasteiger partial charge in [0.15, 0.2) is 0 Å². The minimum atomic E-state index is -0.360. The van der Waals surface area contributed by atoms with Crippen LogP contribution in [0.4, 0.5) is 4.79 Å². The van der Waals surface area contributed by atoms with Crippen molar-refractivity contribution in [3.63, 3.8) is 0 Å². The predicted octanol–water partition coefficient (Wildman–Crippen LogP) is 1.50. The quantitative estimate of drug-likeness (QED) is 0.726. The molecule has 0 bridgehead atoms. The highest BCUT2D eigenvalue weighted by Crippen LogP contribution is 2.21. The fraction of sp³-hybridized carbons (Fsp3) is 0.900. The summed E-state index contributed by atoms with van der Waals surface area (Å²) in [6, 6.07) is 0.0616. The highest BCUT2D eigenvalue weighted by Gasteiger charge is 2.25. The SMILES string of the molecule is CCOC(=O)NC(CCN)C(C)(C)C. The molecular weight excluding hydrogens is 180 g/mol. The fourth-order valence-electron chi connectivity index (χ4n) is 1.20. The number of hydrogen-bond donors (Lipinski definition) is 2. The Labute approximate surface area is 86.2 Å². The normalized spacial score (nSPS) is 13.5. The van der Waals surface area contributed by atoms with Crippen LogP contribution in [0.15, 0.2) is 0 Å². The molecule has 0 heterocycles. The second kappa shape index (κ2) is 5.86. The summed E-state index contributed by atoms with van der Waals surface area (Å²) in [5, 5.41) is 2.82. The Hall–Kier alpha value is -0.770. The van der Waals surface area contributed by atoms with Crippen molar-refractivity contribution in [2.24, 2.45) is 11.1 Å². The van der Waals surface area contributed by atoms with E-state index in [1.807, 2.05) is 0 Å². The predicted molar refractivity (Wildman–Crippen MR) is 57.1 cm³/mol. The fourth-order valence-corrected chi connectivity index (χ4v) is 1.20. The molecule has 0 saturated heterocycles. The van der Waals surface area contributed by atoms with Crippen LogP contribution in [-0.4, -0.2) is 25.3 Å². The first-order valence-electron chi connectivity index (χ1n) is 5.05. The second-order valence-electron chi connectivity index (χ2n) is 4.36. The zero-order valence-electron chi connectivity index (χ0n) is 9.59. The molecule has 0 radical (unpaired) electrons. The van der Waals surface area contributed by atoms with Crippen LogP contribution in [0.2, 0.25) is 0 Å². The van der Waals surface area contributed by atoms with Crippen molar-refractivity contribution in [2.45, 2.75) is 40.2 Å². The van der Waals surface area contributed by atoms with Crippen molar-refractivity contribution in [3.8, 4) is 0 Å². The third kappa shape index (κ3) is 5.07. The Morgan fingerprint density at radius 3 is 2.43 bits per heavy atom. The van der Waals surface area contributed by atoms with Crippen molar-refractivity contribution in [1.29, 1.82) is 0 Å². The van der Waals surface area contributed by atoms with Crippen molar-refractivity contribution in [1.82, 2.24) is 5.32 Å². The van der Waals surface area contributed by atoms with Gasteiger partial charge in [-0.05, 0) is 25.3 Å². The van der Waals surface area contributed by atoms with E-state index in [-0.39, 0.29) is 17.6 Å². The second-order valence-corrected chi connectivity index (χ2v) is 4.36. The third-order valence-electron chi connectivity index (χ3n) is 2.07. The molecule has 0 spiro atoms. The molecule has 0 rings (SSSR count). The first kappa shape index (κ1) is 13.2. The Bertz CT molecular complexity index is 175. The van der Waals surface area contributed by atoms with Gasteiger partial charge in [0.05, 0.1) is 6.61 Å². The maximum atomic E-state index is 11.2. The lowest BCUT2D eigenvalue weighted by Crippen LogP contribution is -2.45. The molecule has 1 atom stereocenters. The van der Waals surface area contributed by atoms with Crippen LogP contribution in [0.3, 0.4) is 0 Å². The third-order valence-corrected chi connectivity index (χ3v) is 2.07. The Morgan fingerprint density at radius 1 is 1.50 bits per heavy atom. The molecule has 1 amide bonds. The lowest BCUT2D eigenvalue weighted by Gasteiger charge is -2.30. The maximum absolute atomic E-state index is 11.2. The smallest absolute Gasteiger partial charge is 0.407 e. The molecule has 0 aromatic heterocycles. The molecule has 4 heteroatoms. The average Bonchev–Trinajstić information content (AvgIpc) is 2.02. The average molecular weight is 202 g/mol. The lowest BCUT2D eigenvalue weighted by molar-refractivity contribution is 0.136. The minimum absolute atomic E-state index is 0.00608. The number of carbonyl (C=O) groups excluding carboxylic acids is 1. The topological polar surface area (TPSA) is 64.3 Å². The Morgan fingerprint density at radius 2 is 2.07 bits per heavy atom. The van der Waals surface area contributed by atoms with Crippen LogP contribution < -0.4 is 11.1 Å². The monoisotopic (exact) mass is 202 g/mol. The number of nitrogens with two attached hydrogens (primary N) is 1. The zero-order valence-corrected chi connectivity index (χ0v) is 9.59. The van der Waals surface area contributed by atoms with Crippen LogP contribution in [-0.2, 0) is 4.74 Å². The molecule has 0 aromatic carbocycles. The van der Waals surface area contributed by atoms with E-state index in [4.69, 9.17) is 10.5 Å². The van der Waals surface area contributed by atoms with E-state index < -0.39 is 0 Å². The number of ether oxygens (including phenoxy) is 1. The minimum Gasteiger partial charge on any atom is -0.450 e. The highest BCUT2D eigenvalue weighted by atomic mass is 16.5. The van der Waals surface area contributed by atoms with Gasteiger partial charge in [-0.3, -0.25) is 0 Å². The number of alkyl carbamates (subject to hydrolysis) is 1. The number of amides is 1. The van der Waals surface area contributed by atoms with Crippen molar-refractivity contribution in [2.75, 3.05) is 13.2 Å². The van der Waals surface area contributed by atoms with E-state index >= 15 is 0 Å². The number of rotatable bonds is 4. The van der Waals surface area contributed by atoms with Crippen LogP contribution in [0, 0.1) is 5.41 Å². The summed E-state index contributed by atoms with van der Waals surface area (Å²) < 4.78 is 4.82. The van der Waals surface area contributed by atoms with E-state index in [2.05, 4.69) is 26.1 Å². The molecule has 0 fully saturated rings. The van der Waals surface area contributed by atoms with Gasteiger partial charge in [0, 0.05) is 6.04 Å². The van der Waals surface area contributed by atoms with Crippen molar-refractivity contribution in [3.05, 3.63) is 0 Å². The summed E-state index contributed by atoms with van der Waals surface area (Å²) in [6.45, 7) is 8.95. The standard InChI is InChI=1S/C10H22N2O2/c1-5-14-9(13)12-8(6-7-11)10(2,3)4/h8H,5-7,11H2,1-4H3,(H,12,13). The van der Waals surface area contributed by atoms with Gasteiger partial charge in [-0.15, -0.1) is 0 Å². The van der Waals surface area contributed by atoms with Crippen LogP contribution in [0.25, 0.3) is 0 Å². The summed E-state index contributed by atoms with van der Waals surface area (Å²) in [4.78, 5) is 11.2. The number of nitrogens with one attached hydrogen (secondary N) is 1. The first-order chi connectivity index (χ1) is 6.41. The molecule has 0 saturated carbocycles. The largest absolute Gasteiger partial charge is 0.450 e. The molecule has 3 N–H and O–H groups in total. The number of carbonyl (C=O) groups is 1. The molecule has 0 aliphatic carbocycles. The number of hydrogen-bond acceptors (Lipinski definition) is 3. The molecule has 84 valence electrons. The first-order valence-corrected chi connectivity index (χ1v) is 5.05. The van der Waals surface area contributed by atoms with Gasteiger partial charge in [-0.2, -0.15) is 0 Å². The van der Waals surface area contributed by atoms with Crippen LogP contribution in [0.1, 0.15) is 34.1 Å². The summed E-state index contributed by atoms with van der Waals surface area (Å²) in [7, 11) is 0. The summed E-state index contributed by atoms with van der Waals surface area (Å²) >= 11 is 0. The molecule has 0 aliphatic heterocycles. The lowest BCUT2D eigenvalue weighted by atomic mass is 9.85. The van der Waals surface area contributed by atoms with E-state index in [1.54, 1.807) is 6.92 Å². The summed E-state index contributed by atoms with van der Waals surface area (Å²) in [6.07, 6.45) is 0.406. The zero-order chi connectivity index (χ0) is 11.2. The van der Waals surface area contributed by atoms with Crippen molar-refractivity contribution < 1.29 is 9.53 Å². The molecule has 1 unspecified atom stereocenters. The van der Waals surface area contributed by atoms with Crippen LogP contribution >= 0.6 is 0 Å². The molecule has 0 aromatic rings. The molecule has 14 heavy (non-hydrogen) atoms. The van der Waals surface area contributed by atoms with Crippen LogP contribution in [0.5, 0.6) is 0 Å². The maximum Gasteiger partial charge on any atom is 0.407 e. The van der Waals surface area contributed by atoms with Gasteiger partial charge in [0.1, 0.15) is 0 Å². The van der Waals surface area contributed by atoms with Gasteiger partial charge in [0.2, 0.25) is 0 Å². The van der Waals surface area contributed by atoms with E-state index in [0.29, 0.717) is 13.2 Å². The Kier molecular flexibility index (Phi) is 5.53.